The number of aryl methyl sites for hydroxylation is 2. The molecule has 4 rings (SSSR count). The van der Waals surface area contributed by atoms with Crippen molar-refractivity contribution in [2.45, 2.75) is 77.2 Å². The van der Waals surface area contributed by atoms with E-state index in [2.05, 4.69) is 20.3 Å². The number of aromatic amines is 1. The van der Waals surface area contributed by atoms with E-state index < -0.39 is 0 Å². The van der Waals surface area contributed by atoms with E-state index in [9.17, 15) is 4.79 Å². The van der Waals surface area contributed by atoms with E-state index in [1.807, 2.05) is 18.7 Å². The van der Waals surface area contributed by atoms with Crippen molar-refractivity contribution in [3.63, 3.8) is 0 Å². The van der Waals surface area contributed by atoms with E-state index in [1.165, 1.54) is 24.1 Å². The molecular formula is C19H27N5O2. The highest BCUT2D eigenvalue weighted by molar-refractivity contribution is 5.77. The summed E-state index contributed by atoms with van der Waals surface area (Å²) < 4.78 is 5.44. The quantitative estimate of drug-likeness (QED) is 0.888. The van der Waals surface area contributed by atoms with Crippen molar-refractivity contribution in [2.75, 3.05) is 6.54 Å². The molecule has 1 fully saturated rings. The molecule has 1 N–H and O–H groups in total. The zero-order chi connectivity index (χ0) is 18.1. The van der Waals surface area contributed by atoms with Crippen LogP contribution in [0.5, 0.6) is 0 Å². The average Bonchev–Trinajstić information content (AvgIpc) is 3.37. The first kappa shape index (κ1) is 17.2. The second-order valence-electron chi connectivity index (χ2n) is 7.73. The molecule has 2 aromatic rings. The van der Waals surface area contributed by atoms with E-state index >= 15 is 0 Å². The number of carbonyl (C=O) groups is 1. The van der Waals surface area contributed by atoms with Gasteiger partial charge in [0.2, 0.25) is 11.8 Å². The van der Waals surface area contributed by atoms with Gasteiger partial charge in [-0.2, -0.15) is 10.1 Å². The number of nitrogens with zero attached hydrogens (tertiary/aromatic N) is 4. The van der Waals surface area contributed by atoms with E-state index in [0.717, 1.165) is 37.9 Å². The van der Waals surface area contributed by atoms with Gasteiger partial charge in [0, 0.05) is 31.0 Å². The molecule has 7 heteroatoms. The molecule has 140 valence electrons. The van der Waals surface area contributed by atoms with Gasteiger partial charge >= 0.3 is 0 Å². The molecule has 0 radical (unpaired) electrons. The summed E-state index contributed by atoms with van der Waals surface area (Å²) in [7, 11) is 0. The largest absolute Gasteiger partial charge is 0.337 e. The zero-order valence-corrected chi connectivity index (χ0v) is 15.6. The summed E-state index contributed by atoms with van der Waals surface area (Å²) in [5.74, 6) is 1.67. The van der Waals surface area contributed by atoms with Gasteiger partial charge in [-0.3, -0.25) is 9.89 Å². The number of fused-ring (bicyclic) bond motifs is 1. The number of hydrogen-bond acceptors (Lipinski definition) is 5. The summed E-state index contributed by atoms with van der Waals surface area (Å²) in [6.07, 6.45) is 7.68. The smallest absolute Gasteiger partial charge is 0.249 e. The third-order valence-electron chi connectivity index (χ3n) is 5.55. The Kier molecular flexibility index (Phi) is 4.78. The normalized spacial score (nSPS) is 20.0. The van der Waals surface area contributed by atoms with E-state index in [-0.39, 0.29) is 17.9 Å². The number of amides is 1. The average molecular weight is 357 g/mol. The Balaban J connectivity index is 1.41. The maximum Gasteiger partial charge on any atom is 0.249 e. The number of nitrogens with one attached hydrogen (secondary N) is 1. The van der Waals surface area contributed by atoms with Crippen molar-refractivity contribution >= 4 is 5.91 Å². The summed E-state index contributed by atoms with van der Waals surface area (Å²) in [6, 6.07) is -0.0735. The van der Waals surface area contributed by atoms with Crippen molar-refractivity contribution in [3.05, 3.63) is 28.7 Å². The lowest BCUT2D eigenvalue weighted by atomic mass is 9.94. The molecule has 3 heterocycles. The SMILES string of the molecule is CC(C)c1noc(C2CCCN2C(=O)CCc2n[nH]c3c2CCCC3)n1. The highest BCUT2D eigenvalue weighted by Gasteiger charge is 2.34. The van der Waals surface area contributed by atoms with E-state index in [1.54, 1.807) is 0 Å². The van der Waals surface area contributed by atoms with Crippen LogP contribution in [0.3, 0.4) is 0 Å². The Morgan fingerprint density at radius 3 is 2.96 bits per heavy atom. The van der Waals surface area contributed by atoms with Gasteiger partial charge in [0.05, 0.1) is 5.69 Å². The van der Waals surface area contributed by atoms with Gasteiger partial charge in [-0.15, -0.1) is 0 Å². The fraction of sp³-hybridized carbons (Fsp3) is 0.684. The monoisotopic (exact) mass is 357 g/mol. The molecule has 26 heavy (non-hydrogen) atoms. The number of aromatic nitrogens is 4. The summed E-state index contributed by atoms with van der Waals surface area (Å²) in [5, 5.41) is 11.7. The van der Waals surface area contributed by atoms with Gasteiger partial charge in [-0.05, 0) is 44.1 Å². The van der Waals surface area contributed by atoms with Crippen molar-refractivity contribution in [1.29, 1.82) is 0 Å². The molecule has 0 bridgehead atoms. The zero-order valence-electron chi connectivity index (χ0n) is 15.6. The topological polar surface area (TPSA) is 87.9 Å². The fourth-order valence-corrected chi connectivity index (χ4v) is 4.06. The Labute approximate surface area is 153 Å². The van der Waals surface area contributed by atoms with Gasteiger partial charge in [-0.25, -0.2) is 0 Å². The minimum atomic E-state index is -0.0735. The first-order valence-corrected chi connectivity index (χ1v) is 9.81. The minimum Gasteiger partial charge on any atom is -0.337 e. The lowest BCUT2D eigenvalue weighted by molar-refractivity contribution is -0.132. The maximum absolute atomic E-state index is 12.8. The van der Waals surface area contributed by atoms with Gasteiger partial charge in [0.1, 0.15) is 6.04 Å². The van der Waals surface area contributed by atoms with Crippen LogP contribution >= 0.6 is 0 Å². The van der Waals surface area contributed by atoms with Crippen LogP contribution in [0, 0.1) is 0 Å². The fourth-order valence-electron chi connectivity index (χ4n) is 4.06. The number of carbonyl (C=O) groups excluding carboxylic acids is 1. The predicted molar refractivity (Wildman–Crippen MR) is 95.6 cm³/mol. The Hall–Kier alpha value is -2.18. The van der Waals surface area contributed by atoms with Crippen LogP contribution in [0.2, 0.25) is 0 Å². The molecule has 2 aromatic heterocycles. The molecule has 0 spiro atoms. The molecule has 1 saturated heterocycles. The summed E-state index contributed by atoms with van der Waals surface area (Å²) in [4.78, 5) is 19.2. The standard InChI is InChI=1S/C19H27N5O2/c1-12(2)18-20-19(26-23-18)16-8-5-11-24(16)17(25)10-9-15-13-6-3-4-7-14(13)21-22-15/h12,16H,3-11H2,1-2H3,(H,21,22). The van der Waals surface area contributed by atoms with Crippen LogP contribution in [0.15, 0.2) is 4.52 Å². The summed E-state index contributed by atoms with van der Waals surface area (Å²) in [6.45, 7) is 4.84. The molecule has 1 aliphatic carbocycles. The van der Waals surface area contributed by atoms with Crippen LogP contribution in [-0.4, -0.2) is 37.7 Å². The van der Waals surface area contributed by atoms with Gasteiger partial charge in [-0.1, -0.05) is 19.0 Å². The highest BCUT2D eigenvalue weighted by Crippen LogP contribution is 2.32. The van der Waals surface area contributed by atoms with Crippen LogP contribution < -0.4 is 0 Å². The van der Waals surface area contributed by atoms with Crippen molar-refractivity contribution < 1.29 is 9.32 Å². The van der Waals surface area contributed by atoms with Crippen LogP contribution in [0.1, 0.15) is 86.6 Å². The van der Waals surface area contributed by atoms with Crippen molar-refractivity contribution in [2.24, 2.45) is 0 Å². The van der Waals surface area contributed by atoms with Gasteiger partial charge in [0.15, 0.2) is 5.82 Å². The first-order valence-electron chi connectivity index (χ1n) is 9.81. The van der Waals surface area contributed by atoms with Gasteiger partial charge < -0.3 is 9.42 Å². The van der Waals surface area contributed by atoms with Crippen LogP contribution in [0.25, 0.3) is 0 Å². The number of hydrogen-bond donors (Lipinski definition) is 1. The third-order valence-corrected chi connectivity index (χ3v) is 5.55. The molecule has 1 amide bonds. The lowest BCUT2D eigenvalue weighted by Gasteiger charge is -2.22. The minimum absolute atomic E-state index is 0.0735. The molecule has 1 aliphatic heterocycles. The maximum atomic E-state index is 12.8. The van der Waals surface area contributed by atoms with Crippen LogP contribution in [0.4, 0.5) is 0 Å². The van der Waals surface area contributed by atoms with Crippen molar-refractivity contribution in [3.8, 4) is 0 Å². The Bertz CT molecular complexity index is 779. The predicted octanol–water partition coefficient (Wildman–Crippen LogP) is 3.09. The van der Waals surface area contributed by atoms with E-state index in [4.69, 9.17) is 4.52 Å². The van der Waals surface area contributed by atoms with Crippen molar-refractivity contribution in [1.82, 2.24) is 25.2 Å². The molecule has 2 aliphatic rings. The van der Waals surface area contributed by atoms with Crippen LogP contribution in [-0.2, 0) is 24.1 Å². The van der Waals surface area contributed by atoms with Gasteiger partial charge in [0.25, 0.3) is 0 Å². The molecular weight excluding hydrogens is 330 g/mol. The van der Waals surface area contributed by atoms with E-state index in [0.29, 0.717) is 24.6 Å². The molecule has 7 nitrogen and oxygen atoms in total. The number of likely N-dealkylation sites (tertiary alicyclic amines) is 1. The third kappa shape index (κ3) is 3.27. The molecule has 1 atom stereocenters. The second-order valence-corrected chi connectivity index (χ2v) is 7.73. The second kappa shape index (κ2) is 7.21. The lowest BCUT2D eigenvalue weighted by Crippen LogP contribution is -2.31. The Morgan fingerprint density at radius 2 is 2.15 bits per heavy atom. The molecule has 0 saturated carbocycles. The molecule has 1 unspecified atom stereocenters. The Morgan fingerprint density at radius 1 is 1.31 bits per heavy atom. The number of rotatable bonds is 5. The number of H-pyrrole nitrogens is 1. The summed E-state index contributed by atoms with van der Waals surface area (Å²) in [5.41, 5.74) is 3.69. The molecule has 0 aromatic carbocycles. The first-order chi connectivity index (χ1) is 12.6. The highest BCUT2D eigenvalue weighted by atomic mass is 16.5. The summed E-state index contributed by atoms with van der Waals surface area (Å²) >= 11 is 0.